The van der Waals surface area contributed by atoms with E-state index in [9.17, 15) is 0 Å². The number of rotatable bonds is 9. The molecule has 0 saturated heterocycles. The summed E-state index contributed by atoms with van der Waals surface area (Å²) < 4.78 is 5.54. The van der Waals surface area contributed by atoms with Crippen LogP contribution in [-0.4, -0.2) is 50.3 Å². The lowest BCUT2D eigenvalue weighted by Gasteiger charge is -2.18. The molecule has 0 unspecified atom stereocenters. The third kappa shape index (κ3) is 7.74. The first-order valence-electron chi connectivity index (χ1n) is 7.22. The van der Waals surface area contributed by atoms with Crippen LogP contribution in [0.5, 0.6) is 0 Å². The van der Waals surface area contributed by atoms with Gasteiger partial charge in [0.2, 0.25) is 0 Å². The van der Waals surface area contributed by atoms with Crippen molar-refractivity contribution in [3.05, 3.63) is 0 Å². The Hall–Kier alpha value is -0.120. The second-order valence-electron chi connectivity index (χ2n) is 5.51. The standard InChI is InChI=1S/C14H30N2O/c1-13(2)17-12-11-16(3)10-6-9-15-14-7-4-5-8-14/h13-15H,4-12H2,1-3H3. The lowest BCUT2D eigenvalue weighted by Crippen LogP contribution is -2.31. The summed E-state index contributed by atoms with van der Waals surface area (Å²) >= 11 is 0. The second-order valence-corrected chi connectivity index (χ2v) is 5.51. The van der Waals surface area contributed by atoms with Crippen molar-refractivity contribution in [3.8, 4) is 0 Å². The fraction of sp³-hybridized carbons (Fsp3) is 1.00. The molecule has 1 saturated carbocycles. The van der Waals surface area contributed by atoms with Crippen LogP contribution in [0.15, 0.2) is 0 Å². The van der Waals surface area contributed by atoms with Crippen molar-refractivity contribution in [1.82, 2.24) is 10.2 Å². The Kier molecular flexibility index (Phi) is 7.82. The number of nitrogens with one attached hydrogen (secondary N) is 1. The molecular weight excluding hydrogens is 212 g/mol. The van der Waals surface area contributed by atoms with Crippen molar-refractivity contribution in [1.29, 1.82) is 0 Å². The highest BCUT2D eigenvalue weighted by atomic mass is 16.5. The number of nitrogens with zero attached hydrogens (tertiary/aromatic N) is 1. The third-order valence-electron chi connectivity index (χ3n) is 3.43. The average molecular weight is 242 g/mol. The summed E-state index contributed by atoms with van der Waals surface area (Å²) in [7, 11) is 2.18. The van der Waals surface area contributed by atoms with Gasteiger partial charge < -0.3 is 15.0 Å². The molecule has 17 heavy (non-hydrogen) atoms. The van der Waals surface area contributed by atoms with Crippen LogP contribution in [-0.2, 0) is 4.74 Å². The SMILES string of the molecule is CC(C)OCCN(C)CCCNC1CCCC1. The van der Waals surface area contributed by atoms with Crippen molar-refractivity contribution in [3.63, 3.8) is 0 Å². The molecule has 0 aromatic carbocycles. The van der Waals surface area contributed by atoms with Crippen molar-refractivity contribution in [2.75, 3.05) is 33.3 Å². The van der Waals surface area contributed by atoms with Crippen LogP contribution in [0.25, 0.3) is 0 Å². The molecule has 1 rings (SSSR count). The molecule has 3 nitrogen and oxygen atoms in total. The van der Waals surface area contributed by atoms with Crippen LogP contribution in [0, 0.1) is 0 Å². The van der Waals surface area contributed by atoms with E-state index in [0.29, 0.717) is 6.10 Å². The quantitative estimate of drug-likeness (QED) is 0.628. The zero-order valence-electron chi connectivity index (χ0n) is 11.9. The van der Waals surface area contributed by atoms with Gasteiger partial charge in [-0.2, -0.15) is 0 Å². The molecular formula is C14H30N2O. The van der Waals surface area contributed by atoms with E-state index in [1.165, 1.54) is 45.2 Å². The van der Waals surface area contributed by atoms with Crippen LogP contribution in [0.3, 0.4) is 0 Å². The fourth-order valence-corrected chi connectivity index (χ4v) is 2.34. The van der Waals surface area contributed by atoms with Gasteiger partial charge in [-0.05, 0) is 53.2 Å². The molecule has 0 aromatic rings. The average Bonchev–Trinajstić information content (AvgIpc) is 2.76. The van der Waals surface area contributed by atoms with Crippen molar-refractivity contribution >= 4 is 0 Å². The molecule has 0 heterocycles. The van der Waals surface area contributed by atoms with Crippen LogP contribution in [0.2, 0.25) is 0 Å². The monoisotopic (exact) mass is 242 g/mol. The van der Waals surface area contributed by atoms with Gasteiger partial charge in [0, 0.05) is 12.6 Å². The summed E-state index contributed by atoms with van der Waals surface area (Å²) in [6.07, 6.45) is 7.21. The highest BCUT2D eigenvalue weighted by Gasteiger charge is 2.13. The molecule has 0 aromatic heterocycles. The van der Waals surface area contributed by atoms with E-state index in [0.717, 1.165) is 19.2 Å². The van der Waals surface area contributed by atoms with Gasteiger partial charge in [-0.15, -0.1) is 0 Å². The first-order chi connectivity index (χ1) is 8.18. The highest BCUT2D eigenvalue weighted by Crippen LogP contribution is 2.17. The summed E-state index contributed by atoms with van der Waals surface area (Å²) in [5, 5.41) is 3.65. The summed E-state index contributed by atoms with van der Waals surface area (Å²) in [6, 6.07) is 0.810. The number of ether oxygens (including phenoxy) is 1. The minimum atomic E-state index is 0.354. The molecule has 1 aliphatic rings. The molecule has 0 radical (unpaired) electrons. The fourth-order valence-electron chi connectivity index (χ4n) is 2.34. The predicted molar refractivity (Wildman–Crippen MR) is 73.5 cm³/mol. The van der Waals surface area contributed by atoms with Crippen molar-refractivity contribution < 1.29 is 4.74 Å². The lowest BCUT2D eigenvalue weighted by atomic mass is 10.2. The summed E-state index contributed by atoms with van der Waals surface area (Å²) in [6.45, 7) is 8.41. The maximum absolute atomic E-state index is 5.54. The predicted octanol–water partition coefficient (Wildman–Crippen LogP) is 2.27. The highest BCUT2D eigenvalue weighted by molar-refractivity contribution is 4.73. The first-order valence-corrected chi connectivity index (χ1v) is 7.22. The van der Waals surface area contributed by atoms with Gasteiger partial charge in [-0.25, -0.2) is 0 Å². The molecule has 1 N–H and O–H groups in total. The summed E-state index contributed by atoms with van der Waals surface area (Å²) in [5.41, 5.74) is 0. The largest absolute Gasteiger partial charge is 0.377 e. The summed E-state index contributed by atoms with van der Waals surface area (Å²) in [5.74, 6) is 0. The second kappa shape index (κ2) is 8.90. The number of hydrogen-bond acceptors (Lipinski definition) is 3. The number of hydrogen-bond donors (Lipinski definition) is 1. The molecule has 0 atom stereocenters. The van der Waals surface area contributed by atoms with Crippen LogP contribution in [0.4, 0.5) is 0 Å². The van der Waals surface area contributed by atoms with Crippen LogP contribution in [0.1, 0.15) is 46.0 Å². The molecule has 0 aliphatic heterocycles. The van der Waals surface area contributed by atoms with Gasteiger partial charge in [0.05, 0.1) is 12.7 Å². The molecule has 0 amide bonds. The minimum Gasteiger partial charge on any atom is -0.377 e. The maximum Gasteiger partial charge on any atom is 0.0596 e. The smallest absolute Gasteiger partial charge is 0.0596 e. The van der Waals surface area contributed by atoms with Crippen molar-refractivity contribution in [2.45, 2.75) is 58.1 Å². The third-order valence-corrected chi connectivity index (χ3v) is 3.43. The molecule has 0 bridgehead atoms. The van der Waals surface area contributed by atoms with E-state index in [2.05, 4.69) is 31.1 Å². The Balaban J connectivity index is 1.87. The molecule has 3 heteroatoms. The van der Waals surface area contributed by atoms with Crippen LogP contribution < -0.4 is 5.32 Å². The Labute approximate surface area is 107 Å². The van der Waals surface area contributed by atoms with Gasteiger partial charge in [0.25, 0.3) is 0 Å². The van der Waals surface area contributed by atoms with Gasteiger partial charge in [-0.1, -0.05) is 12.8 Å². The Morgan fingerprint density at radius 2 is 1.94 bits per heavy atom. The van der Waals surface area contributed by atoms with E-state index >= 15 is 0 Å². The minimum absolute atomic E-state index is 0.354. The number of likely N-dealkylation sites (N-methyl/N-ethyl adjacent to an activating group) is 1. The normalized spacial score (nSPS) is 17.5. The van der Waals surface area contributed by atoms with E-state index in [4.69, 9.17) is 4.74 Å². The van der Waals surface area contributed by atoms with Gasteiger partial charge in [0.15, 0.2) is 0 Å². The van der Waals surface area contributed by atoms with Crippen molar-refractivity contribution in [2.24, 2.45) is 0 Å². The Morgan fingerprint density at radius 3 is 2.59 bits per heavy atom. The van der Waals surface area contributed by atoms with Gasteiger partial charge >= 0.3 is 0 Å². The lowest BCUT2D eigenvalue weighted by molar-refractivity contribution is 0.0637. The maximum atomic E-state index is 5.54. The molecule has 1 aliphatic carbocycles. The molecule has 1 fully saturated rings. The topological polar surface area (TPSA) is 24.5 Å². The zero-order valence-corrected chi connectivity index (χ0v) is 11.9. The van der Waals surface area contributed by atoms with Gasteiger partial charge in [-0.3, -0.25) is 0 Å². The van der Waals surface area contributed by atoms with Gasteiger partial charge in [0.1, 0.15) is 0 Å². The van der Waals surface area contributed by atoms with Crippen LogP contribution >= 0.6 is 0 Å². The van der Waals surface area contributed by atoms with E-state index in [-0.39, 0.29) is 0 Å². The van der Waals surface area contributed by atoms with E-state index < -0.39 is 0 Å². The van der Waals surface area contributed by atoms with E-state index in [1.54, 1.807) is 0 Å². The zero-order chi connectivity index (χ0) is 12.5. The molecule has 102 valence electrons. The van der Waals surface area contributed by atoms with E-state index in [1.807, 2.05) is 0 Å². The molecule has 0 spiro atoms. The summed E-state index contributed by atoms with van der Waals surface area (Å²) in [4.78, 5) is 2.36. The Bertz CT molecular complexity index is 179. The first kappa shape index (κ1) is 14.9. The Morgan fingerprint density at radius 1 is 1.24 bits per heavy atom.